The zero-order chi connectivity index (χ0) is 20.3. The summed E-state index contributed by atoms with van der Waals surface area (Å²) in [4.78, 5) is 22.8. The number of piperidine rings is 1. The van der Waals surface area contributed by atoms with Crippen molar-refractivity contribution in [3.63, 3.8) is 0 Å². The Morgan fingerprint density at radius 2 is 1.93 bits per heavy atom. The maximum Gasteiger partial charge on any atom is 0.254 e. The van der Waals surface area contributed by atoms with E-state index in [4.69, 9.17) is 9.72 Å². The molecule has 0 N–H and O–H groups in total. The molecule has 30 heavy (non-hydrogen) atoms. The number of thiazole rings is 1. The highest BCUT2D eigenvalue weighted by atomic mass is 32.1. The summed E-state index contributed by atoms with van der Waals surface area (Å²) < 4.78 is 6.64. The Kier molecular flexibility index (Phi) is 5.79. The third kappa shape index (κ3) is 4.13. The zero-order valence-electron chi connectivity index (χ0n) is 17.1. The molecule has 1 atom stereocenters. The number of likely N-dealkylation sites (tertiary alicyclic amines) is 1. The van der Waals surface area contributed by atoms with Crippen LogP contribution >= 0.6 is 11.3 Å². The highest BCUT2D eigenvalue weighted by Gasteiger charge is 2.31. The lowest BCUT2D eigenvalue weighted by Crippen LogP contribution is -2.38. The Hall–Kier alpha value is -2.28. The van der Waals surface area contributed by atoms with Gasteiger partial charge in [0.1, 0.15) is 5.01 Å². The van der Waals surface area contributed by atoms with Crippen LogP contribution in [0, 0.1) is 0 Å². The van der Waals surface area contributed by atoms with E-state index in [9.17, 15) is 4.79 Å². The van der Waals surface area contributed by atoms with Gasteiger partial charge in [-0.1, -0.05) is 24.3 Å². The molecule has 0 spiro atoms. The van der Waals surface area contributed by atoms with Crippen LogP contribution in [-0.2, 0) is 11.3 Å². The maximum atomic E-state index is 13.5. The summed E-state index contributed by atoms with van der Waals surface area (Å²) in [5.41, 5.74) is 3.01. The molecule has 2 fully saturated rings. The largest absolute Gasteiger partial charge is 0.379 e. The number of carbonyl (C=O) groups is 1. The van der Waals surface area contributed by atoms with Crippen LogP contribution in [0.3, 0.4) is 0 Å². The van der Waals surface area contributed by atoms with Crippen molar-refractivity contribution >= 4 is 27.5 Å². The van der Waals surface area contributed by atoms with E-state index < -0.39 is 0 Å². The van der Waals surface area contributed by atoms with Crippen molar-refractivity contribution in [2.45, 2.75) is 31.8 Å². The SMILES string of the molecule is O=C(c1cccc(CN2CCOCC2)c1)N1CCCCC1c1nc2ccccc2s1. The van der Waals surface area contributed by atoms with E-state index in [1.165, 1.54) is 10.3 Å². The Balaban J connectivity index is 1.37. The molecule has 2 saturated heterocycles. The number of ether oxygens (including phenoxy) is 1. The number of rotatable bonds is 4. The standard InChI is InChI=1S/C24H27N3O2S/c28-24(19-7-5-6-18(16-19)17-26-12-14-29-15-13-26)27-11-4-3-9-21(27)23-25-20-8-1-2-10-22(20)30-23/h1-2,5-8,10,16,21H,3-4,9,11-15,17H2. The second-order valence-corrected chi connectivity index (χ2v) is 9.18. The molecule has 1 aromatic heterocycles. The molecule has 156 valence electrons. The monoisotopic (exact) mass is 421 g/mol. The molecule has 2 aromatic carbocycles. The first-order chi connectivity index (χ1) is 14.8. The molecule has 0 bridgehead atoms. The van der Waals surface area contributed by atoms with Crippen LogP contribution in [0.5, 0.6) is 0 Å². The lowest BCUT2D eigenvalue weighted by Gasteiger charge is -2.34. The number of aromatic nitrogens is 1. The molecule has 0 radical (unpaired) electrons. The number of benzene rings is 2. The van der Waals surface area contributed by atoms with E-state index in [1.807, 2.05) is 24.3 Å². The average Bonchev–Trinajstić information content (AvgIpc) is 3.24. The van der Waals surface area contributed by atoms with Crippen LogP contribution in [-0.4, -0.2) is 53.5 Å². The fraction of sp³-hybridized carbons (Fsp3) is 0.417. The molecule has 5 rings (SSSR count). The Labute approximate surface area is 181 Å². The van der Waals surface area contributed by atoms with Gasteiger partial charge in [-0.25, -0.2) is 4.98 Å². The highest BCUT2D eigenvalue weighted by molar-refractivity contribution is 7.18. The Morgan fingerprint density at radius 3 is 2.80 bits per heavy atom. The summed E-state index contributed by atoms with van der Waals surface area (Å²) in [5, 5.41) is 1.06. The van der Waals surface area contributed by atoms with Crippen molar-refractivity contribution in [3.05, 3.63) is 64.7 Å². The first kappa shape index (κ1) is 19.7. The predicted molar refractivity (Wildman–Crippen MR) is 120 cm³/mol. The van der Waals surface area contributed by atoms with Crippen molar-refractivity contribution < 1.29 is 9.53 Å². The van der Waals surface area contributed by atoms with Crippen molar-refractivity contribution in [1.29, 1.82) is 0 Å². The quantitative estimate of drug-likeness (QED) is 0.622. The Morgan fingerprint density at radius 1 is 1.07 bits per heavy atom. The van der Waals surface area contributed by atoms with Gasteiger partial charge in [-0.2, -0.15) is 0 Å². The number of para-hydroxylation sites is 1. The third-order valence-corrected chi connectivity index (χ3v) is 7.18. The number of nitrogens with zero attached hydrogens (tertiary/aromatic N) is 3. The highest BCUT2D eigenvalue weighted by Crippen LogP contribution is 2.36. The molecule has 0 aliphatic carbocycles. The number of amides is 1. The van der Waals surface area contributed by atoms with Crippen molar-refractivity contribution in [2.24, 2.45) is 0 Å². The summed E-state index contributed by atoms with van der Waals surface area (Å²) in [6.45, 7) is 5.14. The van der Waals surface area contributed by atoms with Gasteiger partial charge in [0.25, 0.3) is 5.91 Å². The van der Waals surface area contributed by atoms with Crippen LogP contribution in [0.4, 0.5) is 0 Å². The summed E-state index contributed by atoms with van der Waals surface area (Å²) in [6.07, 6.45) is 3.18. The predicted octanol–water partition coefficient (Wildman–Crippen LogP) is 4.50. The van der Waals surface area contributed by atoms with Gasteiger partial charge in [0, 0.05) is 31.7 Å². The van der Waals surface area contributed by atoms with Crippen LogP contribution in [0.15, 0.2) is 48.5 Å². The van der Waals surface area contributed by atoms with Gasteiger partial charge in [0.15, 0.2) is 0 Å². The molecular weight excluding hydrogens is 394 g/mol. The summed E-state index contributed by atoms with van der Waals surface area (Å²) in [6, 6.07) is 16.5. The van der Waals surface area contributed by atoms with Gasteiger partial charge in [0.05, 0.1) is 29.5 Å². The van der Waals surface area contributed by atoms with Crippen LogP contribution < -0.4 is 0 Å². The van der Waals surface area contributed by atoms with Crippen LogP contribution in [0.25, 0.3) is 10.2 Å². The fourth-order valence-electron chi connectivity index (χ4n) is 4.45. The molecular formula is C24H27N3O2S. The average molecular weight is 422 g/mol. The zero-order valence-corrected chi connectivity index (χ0v) is 17.9. The molecule has 5 nitrogen and oxygen atoms in total. The molecule has 0 saturated carbocycles. The van der Waals surface area contributed by atoms with E-state index in [1.54, 1.807) is 11.3 Å². The number of carbonyl (C=O) groups excluding carboxylic acids is 1. The van der Waals surface area contributed by atoms with Gasteiger partial charge < -0.3 is 9.64 Å². The molecule has 1 unspecified atom stereocenters. The minimum Gasteiger partial charge on any atom is -0.379 e. The maximum absolute atomic E-state index is 13.5. The molecule has 6 heteroatoms. The molecule has 3 aromatic rings. The van der Waals surface area contributed by atoms with E-state index >= 15 is 0 Å². The second-order valence-electron chi connectivity index (χ2n) is 8.12. The van der Waals surface area contributed by atoms with Gasteiger partial charge in [0.2, 0.25) is 0 Å². The molecule has 2 aliphatic rings. The second kappa shape index (κ2) is 8.84. The minimum absolute atomic E-state index is 0.0755. The fourth-order valence-corrected chi connectivity index (χ4v) is 5.57. The van der Waals surface area contributed by atoms with Gasteiger partial charge in [-0.15, -0.1) is 11.3 Å². The smallest absolute Gasteiger partial charge is 0.254 e. The molecule has 2 aliphatic heterocycles. The van der Waals surface area contributed by atoms with Crippen LogP contribution in [0.1, 0.15) is 46.2 Å². The number of morpholine rings is 1. The first-order valence-electron chi connectivity index (χ1n) is 10.8. The van der Waals surface area contributed by atoms with E-state index in [2.05, 4.69) is 34.1 Å². The van der Waals surface area contributed by atoms with Crippen molar-refractivity contribution in [3.8, 4) is 0 Å². The van der Waals surface area contributed by atoms with Crippen LogP contribution in [0.2, 0.25) is 0 Å². The summed E-state index contributed by atoms with van der Waals surface area (Å²) in [7, 11) is 0. The summed E-state index contributed by atoms with van der Waals surface area (Å²) >= 11 is 1.72. The minimum atomic E-state index is 0.0755. The van der Waals surface area contributed by atoms with E-state index in [-0.39, 0.29) is 11.9 Å². The Bertz CT molecular complexity index is 995. The third-order valence-electron chi connectivity index (χ3n) is 6.04. The molecule has 3 heterocycles. The van der Waals surface area contributed by atoms with Gasteiger partial charge >= 0.3 is 0 Å². The lowest BCUT2D eigenvalue weighted by atomic mass is 10.0. The molecule has 1 amide bonds. The van der Waals surface area contributed by atoms with Crippen molar-refractivity contribution in [1.82, 2.24) is 14.8 Å². The topological polar surface area (TPSA) is 45.7 Å². The number of fused-ring (bicyclic) bond motifs is 1. The first-order valence-corrected chi connectivity index (χ1v) is 11.6. The van der Waals surface area contributed by atoms with Gasteiger partial charge in [-0.05, 0) is 49.1 Å². The van der Waals surface area contributed by atoms with Crippen molar-refractivity contribution in [2.75, 3.05) is 32.8 Å². The normalized spacial score (nSPS) is 20.5. The summed E-state index contributed by atoms with van der Waals surface area (Å²) in [5.74, 6) is 0.128. The number of hydrogen-bond acceptors (Lipinski definition) is 5. The number of hydrogen-bond donors (Lipinski definition) is 0. The van der Waals surface area contributed by atoms with E-state index in [0.29, 0.717) is 0 Å². The van der Waals surface area contributed by atoms with E-state index in [0.717, 1.165) is 74.7 Å². The van der Waals surface area contributed by atoms with Gasteiger partial charge in [-0.3, -0.25) is 9.69 Å². The lowest BCUT2D eigenvalue weighted by molar-refractivity contribution is 0.0341.